The first-order chi connectivity index (χ1) is 10.9. The minimum Gasteiger partial charge on any atom is -0.355 e. The third kappa shape index (κ3) is 6.66. The molecule has 1 aromatic rings. The summed E-state index contributed by atoms with van der Waals surface area (Å²) in [5.74, 6) is -0.329. The number of pyridine rings is 1. The van der Waals surface area contributed by atoms with Crippen LogP contribution in [-0.2, 0) is 21.2 Å². The number of carbonyl (C=O) groups excluding carboxylic acids is 1. The molecule has 0 atom stereocenters. The molecule has 1 aromatic heterocycles. The molecule has 1 aliphatic rings. The van der Waals surface area contributed by atoms with Gasteiger partial charge < -0.3 is 5.32 Å². The van der Waals surface area contributed by atoms with Crippen LogP contribution in [-0.4, -0.2) is 37.6 Å². The largest absolute Gasteiger partial charge is 0.355 e. The van der Waals surface area contributed by atoms with Crippen molar-refractivity contribution in [1.29, 1.82) is 0 Å². The highest BCUT2D eigenvalue weighted by Gasteiger charge is 2.24. The van der Waals surface area contributed by atoms with Gasteiger partial charge in [0.2, 0.25) is 15.9 Å². The summed E-state index contributed by atoms with van der Waals surface area (Å²) in [6.45, 7) is 2.56. The summed E-state index contributed by atoms with van der Waals surface area (Å²) in [4.78, 5) is 15.9. The van der Waals surface area contributed by atoms with Gasteiger partial charge in [-0.2, -0.15) is 0 Å². The molecule has 0 radical (unpaired) electrons. The Kier molecular flexibility index (Phi) is 6.53. The van der Waals surface area contributed by atoms with Gasteiger partial charge in [-0.1, -0.05) is 13.0 Å². The maximum atomic E-state index is 12.0. The normalized spacial score (nSPS) is 21.8. The average molecular weight is 339 g/mol. The van der Waals surface area contributed by atoms with E-state index in [9.17, 15) is 13.2 Å². The molecule has 0 bridgehead atoms. The fraction of sp³-hybridized carbons (Fsp3) is 0.625. The van der Waals surface area contributed by atoms with Gasteiger partial charge in [-0.25, -0.2) is 13.1 Å². The van der Waals surface area contributed by atoms with Crippen molar-refractivity contribution in [3.8, 4) is 0 Å². The molecular weight excluding hydrogens is 314 g/mol. The molecule has 2 rings (SSSR count). The van der Waals surface area contributed by atoms with Gasteiger partial charge in [-0.3, -0.25) is 9.78 Å². The minimum atomic E-state index is -3.57. The zero-order valence-corrected chi connectivity index (χ0v) is 14.3. The van der Waals surface area contributed by atoms with Crippen LogP contribution in [0.25, 0.3) is 0 Å². The maximum Gasteiger partial charge on any atom is 0.236 e. The summed E-state index contributed by atoms with van der Waals surface area (Å²) in [6, 6.07) is 5.54. The van der Waals surface area contributed by atoms with Crippen LogP contribution in [0.2, 0.25) is 0 Å². The second kappa shape index (κ2) is 8.40. The lowest BCUT2D eigenvalue weighted by Gasteiger charge is -2.26. The third-order valence-corrected chi connectivity index (χ3v) is 5.45. The van der Waals surface area contributed by atoms with E-state index in [1.165, 1.54) is 0 Å². The Morgan fingerprint density at radius 3 is 2.65 bits per heavy atom. The molecular formula is C16H25N3O3S. The third-order valence-electron chi connectivity index (χ3n) is 4.11. The highest BCUT2D eigenvalue weighted by Crippen LogP contribution is 2.23. The number of aromatic nitrogens is 1. The monoisotopic (exact) mass is 339 g/mol. The Labute approximate surface area is 138 Å². The van der Waals surface area contributed by atoms with Crippen LogP contribution in [0.4, 0.5) is 0 Å². The summed E-state index contributed by atoms with van der Waals surface area (Å²) in [6.07, 6.45) is 6.04. The molecule has 1 saturated carbocycles. The van der Waals surface area contributed by atoms with Crippen LogP contribution >= 0.6 is 0 Å². The van der Waals surface area contributed by atoms with Crippen molar-refractivity contribution >= 4 is 15.9 Å². The molecule has 0 unspecified atom stereocenters. The van der Waals surface area contributed by atoms with Crippen LogP contribution in [0.1, 0.15) is 38.3 Å². The quantitative estimate of drug-likeness (QED) is 0.782. The summed E-state index contributed by atoms with van der Waals surface area (Å²) in [7, 11) is -3.57. The van der Waals surface area contributed by atoms with E-state index in [4.69, 9.17) is 0 Å². The first-order valence-corrected chi connectivity index (χ1v) is 9.76. The smallest absolute Gasteiger partial charge is 0.236 e. The molecule has 0 saturated heterocycles. The van der Waals surface area contributed by atoms with Crippen molar-refractivity contribution in [3.05, 3.63) is 30.1 Å². The van der Waals surface area contributed by atoms with E-state index in [2.05, 4.69) is 21.9 Å². The van der Waals surface area contributed by atoms with Crippen LogP contribution in [0.15, 0.2) is 24.4 Å². The Hall–Kier alpha value is -1.47. The fourth-order valence-corrected chi connectivity index (χ4v) is 4.05. The Morgan fingerprint density at radius 1 is 1.26 bits per heavy atom. The second-order valence-corrected chi connectivity index (χ2v) is 8.01. The second-order valence-electron chi connectivity index (χ2n) is 6.25. The zero-order valence-electron chi connectivity index (χ0n) is 13.5. The number of hydrogen-bond acceptors (Lipinski definition) is 4. The van der Waals surface area contributed by atoms with Crippen molar-refractivity contribution in [1.82, 2.24) is 15.0 Å². The lowest BCUT2D eigenvalue weighted by molar-refractivity contribution is -0.118. The van der Waals surface area contributed by atoms with Crippen molar-refractivity contribution < 1.29 is 13.2 Å². The van der Waals surface area contributed by atoms with E-state index in [1.54, 1.807) is 6.20 Å². The number of nitrogens with one attached hydrogen (secondary N) is 2. The first kappa shape index (κ1) is 17.9. The predicted molar refractivity (Wildman–Crippen MR) is 89.3 cm³/mol. The lowest BCUT2D eigenvalue weighted by atomic mass is 9.88. The molecule has 23 heavy (non-hydrogen) atoms. The zero-order chi connectivity index (χ0) is 16.7. The van der Waals surface area contributed by atoms with E-state index in [0.29, 0.717) is 18.9 Å². The van der Waals surface area contributed by atoms with Gasteiger partial charge in [0.15, 0.2) is 0 Å². The Morgan fingerprint density at radius 2 is 2.00 bits per heavy atom. The molecule has 1 heterocycles. The molecule has 0 aromatic carbocycles. The number of carbonyl (C=O) groups is 1. The number of rotatable bonds is 7. The molecule has 0 spiro atoms. The molecule has 0 aliphatic heterocycles. The van der Waals surface area contributed by atoms with Crippen LogP contribution in [0.3, 0.4) is 0 Å². The summed E-state index contributed by atoms with van der Waals surface area (Å²) >= 11 is 0. The van der Waals surface area contributed by atoms with E-state index in [0.717, 1.165) is 31.4 Å². The molecule has 1 aliphatic carbocycles. The average Bonchev–Trinajstić information content (AvgIpc) is 2.50. The van der Waals surface area contributed by atoms with E-state index in [-0.39, 0.29) is 6.04 Å². The van der Waals surface area contributed by atoms with E-state index in [1.807, 2.05) is 18.2 Å². The van der Waals surface area contributed by atoms with Crippen LogP contribution in [0.5, 0.6) is 0 Å². The van der Waals surface area contributed by atoms with Gasteiger partial charge in [-0.15, -0.1) is 0 Å². The standard InChI is InChI=1S/C16H25N3O3S/c1-13-5-7-15(8-6-13)19-23(21,22)12-16(20)18-11-9-14-4-2-3-10-17-14/h2-4,10,13,15,19H,5-9,11-12H2,1H3,(H,18,20). The number of amides is 1. The Balaban J connectivity index is 1.71. The summed E-state index contributed by atoms with van der Waals surface area (Å²) in [5.41, 5.74) is 0.866. The van der Waals surface area contributed by atoms with Crippen molar-refractivity contribution in [2.75, 3.05) is 12.3 Å². The SMILES string of the molecule is CC1CCC(NS(=O)(=O)CC(=O)NCCc2ccccn2)CC1. The number of hydrogen-bond donors (Lipinski definition) is 2. The van der Waals surface area contributed by atoms with Crippen LogP contribution < -0.4 is 10.0 Å². The van der Waals surface area contributed by atoms with Gasteiger partial charge in [0, 0.05) is 30.9 Å². The first-order valence-electron chi connectivity index (χ1n) is 8.11. The summed E-state index contributed by atoms with van der Waals surface area (Å²) in [5, 5.41) is 2.63. The maximum absolute atomic E-state index is 12.0. The number of nitrogens with zero attached hydrogens (tertiary/aromatic N) is 1. The molecule has 128 valence electrons. The highest BCUT2D eigenvalue weighted by atomic mass is 32.2. The molecule has 2 N–H and O–H groups in total. The lowest BCUT2D eigenvalue weighted by Crippen LogP contribution is -2.42. The summed E-state index contributed by atoms with van der Waals surface area (Å²) < 4.78 is 26.7. The molecule has 1 amide bonds. The van der Waals surface area contributed by atoms with Gasteiger partial charge >= 0.3 is 0 Å². The van der Waals surface area contributed by atoms with Gasteiger partial charge in [0.25, 0.3) is 0 Å². The molecule has 7 heteroatoms. The minimum absolute atomic E-state index is 0.0301. The number of sulfonamides is 1. The topological polar surface area (TPSA) is 88.2 Å². The molecule has 1 fully saturated rings. The Bertz CT molecular complexity index is 596. The van der Waals surface area contributed by atoms with Crippen molar-refractivity contribution in [2.45, 2.75) is 45.1 Å². The van der Waals surface area contributed by atoms with E-state index < -0.39 is 21.7 Å². The van der Waals surface area contributed by atoms with Gasteiger partial charge in [0.1, 0.15) is 5.75 Å². The van der Waals surface area contributed by atoms with Crippen molar-refractivity contribution in [3.63, 3.8) is 0 Å². The highest BCUT2D eigenvalue weighted by molar-refractivity contribution is 7.90. The van der Waals surface area contributed by atoms with Crippen LogP contribution in [0, 0.1) is 5.92 Å². The van der Waals surface area contributed by atoms with Gasteiger partial charge in [-0.05, 0) is 43.7 Å². The predicted octanol–water partition coefficient (Wildman–Crippen LogP) is 1.24. The molecule has 6 nitrogen and oxygen atoms in total. The van der Waals surface area contributed by atoms with E-state index >= 15 is 0 Å². The fourth-order valence-electron chi connectivity index (χ4n) is 2.77. The van der Waals surface area contributed by atoms with Gasteiger partial charge in [0.05, 0.1) is 0 Å². The van der Waals surface area contributed by atoms with Crippen molar-refractivity contribution in [2.24, 2.45) is 5.92 Å².